The summed E-state index contributed by atoms with van der Waals surface area (Å²) in [7, 11) is 0. The van der Waals surface area contributed by atoms with Crippen LogP contribution in [-0.2, 0) is 6.54 Å². The average molecular weight is 288 g/mol. The highest BCUT2D eigenvalue weighted by atomic mass is 79.9. The summed E-state index contributed by atoms with van der Waals surface area (Å²) in [6, 6.07) is 2.66. The fraction of sp³-hybridized carbons (Fsp3) is 0.750. The molecule has 1 aromatic heterocycles. The van der Waals surface area contributed by atoms with Crippen LogP contribution in [0.25, 0.3) is 0 Å². The third-order valence-corrected chi connectivity index (χ3v) is 3.33. The number of nitrogens with one attached hydrogen (secondary N) is 1. The Bertz CT molecular complexity index is 282. The van der Waals surface area contributed by atoms with Gasteiger partial charge in [0.1, 0.15) is 0 Å². The van der Waals surface area contributed by atoms with Crippen LogP contribution in [0.3, 0.4) is 0 Å². The second-order valence-electron chi connectivity index (χ2n) is 3.98. The molecule has 0 bridgehead atoms. The molecule has 3 nitrogen and oxygen atoms in total. The van der Waals surface area contributed by atoms with Crippen LogP contribution in [-0.4, -0.2) is 21.7 Å². The van der Waals surface area contributed by atoms with Crippen molar-refractivity contribution >= 4 is 15.9 Å². The van der Waals surface area contributed by atoms with E-state index in [1.165, 1.54) is 0 Å². The molecule has 1 heterocycles. The summed E-state index contributed by atoms with van der Waals surface area (Å²) in [5, 5.41) is 9.04. The molecule has 0 saturated carbocycles. The zero-order valence-electron chi connectivity index (χ0n) is 10.2. The summed E-state index contributed by atoms with van der Waals surface area (Å²) in [5.74, 6) is 0. The maximum atomic E-state index is 4.59. The molecule has 0 unspecified atom stereocenters. The van der Waals surface area contributed by atoms with Gasteiger partial charge in [-0.25, -0.2) is 0 Å². The zero-order chi connectivity index (χ0) is 11.8. The Kier molecular flexibility index (Phi) is 6.73. The Labute approximate surface area is 107 Å². The van der Waals surface area contributed by atoms with Crippen LogP contribution in [0.1, 0.15) is 44.8 Å². The summed E-state index contributed by atoms with van der Waals surface area (Å²) in [4.78, 5) is 0. The fourth-order valence-electron chi connectivity index (χ4n) is 1.75. The van der Waals surface area contributed by atoms with Crippen LogP contribution in [0, 0.1) is 0 Å². The van der Waals surface area contributed by atoms with Crippen molar-refractivity contribution in [3.8, 4) is 0 Å². The lowest BCUT2D eigenvalue weighted by atomic mass is 10.2. The molecule has 0 radical (unpaired) electrons. The highest BCUT2D eigenvalue weighted by Gasteiger charge is 2.07. The number of nitrogens with zero attached hydrogens (tertiary/aromatic N) is 2. The van der Waals surface area contributed by atoms with Crippen molar-refractivity contribution in [3.05, 3.63) is 18.0 Å². The summed E-state index contributed by atoms with van der Waals surface area (Å²) >= 11 is 3.42. The predicted octanol–water partition coefficient (Wildman–Crippen LogP) is 3.12. The number of halogens is 1. The first-order valence-electron chi connectivity index (χ1n) is 6.12. The Hall–Kier alpha value is -0.350. The van der Waals surface area contributed by atoms with Gasteiger partial charge in [0.05, 0.1) is 11.7 Å². The van der Waals surface area contributed by atoms with E-state index in [2.05, 4.69) is 57.1 Å². The molecule has 1 N–H and O–H groups in total. The van der Waals surface area contributed by atoms with Crippen molar-refractivity contribution < 1.29 is 0 Å². The lowest BCUT2D eigenvalue weighted by Gasteiger charge is -2.12. The molecule has 92 valence electrons. The van der Waals surface area contributed by atoms with Crippen LogP contribution in [0.4, 0.5) is 0 Å². The first kappa shape index (κ1) is 13.7. The van der Waals surface area contributed by atoms with Crippen LogP contribution in [0.5, 0.6) is 0 Å². The summed E-state index contributed by atoms with van der Waals surface area (Å²) in [5.41, 5.74) is 1.14. The van der Waals surface area contributed by atoms with Crippen LogP contribution in [0.2, 0.25) is 0 Å². The van der Waals surface area contributed by atoms with Crippen molar-refractivity contribution in [2.24, 2.45) is 0 Å². The van der Waals surface area contributed by atoms with E-state index in [9.17, 15) is 0 Å². The molecular weight excluding hydrogens is 266 g/mol. The van der Waals surface area contributed by atoms with E-state index in [-0.39, 0.29) is 0 Å². The van der Waals surface area contributed by atoms with Gasteiger partial charge in [0.2, 0.25) is 0 Å². The van der Waals surface area contributed by atoms with Gasteiger partial charge in [0, 0.05) is 18.1 Å². The van der Waals surface area contributed by atoms with Crippen LogP contribution < -0.4 is 5.32 Å². The van der Waals surface area contributed by atoms with Gasteiger partial charge in [-0.3, -0.25) is 4.68 Å². The maximum absolute atomic E-state index is 4.59. The molecule has 1 rings (SSSR count). The molecule has 0 spiro atoms. The lowest BCUT2D eigenvalue weighted by Crippen LogP contribution is -2.16. The van der Waals surface area contributed by atoms with E-state index in [0.717, 1.165) is 43.4 Å². The maximum Gasteiger partial charge on any atom is 0.0762 e. The molecule has 0 fully saturated rings. The van der Waals surface area contributed by atoms with Gasteiger partial charge in [-0.1, -0.05) is 29.8 Å². The third-order valence-electron chi connectivity index (χ3n) is 2.77. The van der Waals surface area contributed by atoms with Gasteiger partial charge in [0.15, 0.2) is 0 Å². The second kappa shape index (κ2) is 7.85. The van der Waals surface area contributed by atoms with Crippen molar-refractivity contribution in [3.63, 3.8) is 0 Å². The lowest BCUT2D eigenvalue weighted by molar-refractivity contribution is 0.424. The Morgan fingerprint density at radius 2 is 2.19 bits per heavy atom. The molecular formula is C12H22BrN3. The molecule has 0 saturated heterocycles. The first-order chi connectivity index (χ1) is 7.81. The van der Waals surface area contributed by atoms with Gasteiger partial charge in [-0.15, -0.1) is 0 Å². The summed E-state index contributed by atoms with van der Waals surface area (Å²) in [6.07, 6.45) is 5.55. The molecule has 0 amide bonds. The number of hydrogen-bond donors (Lipinski definition) is 1. The van der Waals surface area contributed by atoms with E-state index < -0.39 is 0 Å². The highest BCUT2D eigenvalue weighted by Crippen LogP contribution is 2.14. The summed E-state index contributed by atoms with van der Waals surface area (Å²) in [6.45, 7) is 6.34. The molecule has 0 aliphatic carbocycles. The van der Waals surface area contributed by atoms with E-state index in [1.54, 1.807) is 0 Å². The molecule has 0 aromatic carbocycles. The second-order valence-corrected chi connectivity index (χ2v) is 4.77. The number of aromatic nitrogens is 2. The monoisotopic (exact) mass is 287 g/mol. The van der Waals surface area contributed by atoms with Crippen molar-refractivity contribution in [1.82, 2.24) is 15.1 Å². The number of hydrogen-bond acceptors (Lipinski definition) is 2. The fourth-order valence-corrected chi connectivity index (χ4v) is 2.03. The smallest absolute Gasteiger partial charge is 0.0762 e. The molecule has 16 heavy (non-hydrogen) atoms. The van der Waals surface area contributed by atoms with E-state index in [1.807, 2.05) is 0 Å². The van der Waals surface area contributed by atoms with Crippen LogP contribution >= 0.6 is 15.9 Å². The molecule has 0 atom stereocenters. The first-order valence-corrected chi connectivity index (χ1v) is 7.24. The number of alkyl halides is 1. The molecule has 0 aliphatic rings. The largest absolute Gasteiger partial charge is 0.311 e. The van der Waals surface area contributed by atoms with Crippen LogP contribution in [0.15, 0.2) is 12.3 Å². The standard InChI is InChI=1S/C12H22BrN3/c1-3-12(4-2)16-9-6-11(15-16)10-14-8-5-7-13/h6,9,12,14H,3-5,7-8,10H2,1-2H3. The summed E-state index contributed by atoms with van der Waals surface area (Å²) < 4.78 is 2.10. The van der Waals surface area contributed by atoms with Gasteiger partial charge in [0.25, 0.3) is 0 Å². The van der Waals surface area contributed by atoms with Gasteiger partial charge < -0.3 is 5.32 Å². The predicted molar refractivity (Wildman–Crippen MR) is 72.0 cm³/mol. The van der Waals surface area contributed by atoms with E-state index >= 15 is 0 Å². The normalized spacial score (nSPS) is 11.2. The van der Waals surface area contributed by atoms with Crippen molar-refractivity contribution in [2.75, 3.05) is 11.9 Å². The Balaban J connectivity index is 2.38. The van der Waals surface area contributed by atoms with E-state index in [0.29, 0.717) is 6.04 Å². The molecule has 4 heteroatoms. The van der Waals surface area contributed by atoms with Crippen molar-refractivity contribution in [1.29, 1.82) is 0 Å². The zero-order valence-corrected chi connectivity index (χ0v) is 11.8. The quantitative estimate of drug-likeness (QED) is 0.588. The van der Waals surface area contributed by atoms with Gasteiger partial charge >= 0.3 is 0 Å². The minimum absolute atomic E-state index is 0.552. The SMILES string of the molecule is CCC(CC)n1ccc(CNCCCBr)n1. The minimum Gasteiger partial charge on any atom is -0.311 e. The van der Waals surface area contributed by atoms with Gasteiger partial charge in [-0.05, 0) is 31.9 Å². The topological polar surface area (TPSA) is 29.9 Å². The Morgan fingerprint density at radius 3 is 2.81 bits per heavy atom. The molecule has 0 aliphatic heterocycles. The third kappa shape index (κ3) is 4.26. The minimum atomic E-state index is 0.552. The van der Waals surface area contributed by atoms with E-state index in [4.69, 9.17) is 0 Å². The molecule has 1 aromatic rings. The van der Waals surface area contributed by atoms with Crippen molar-refractivity contribution in [2.45, 2.75) is 45.7 Å². The Morgan fingerprint density at radius 1 is 1.44 bits per heavy atom. The highest BCUT2D eigenvalue weighted by molar-refractivity contribution is 9.09. The average Bonchev–Trinajstić information content (AvgIpc) is 2.75. The number of rotatable bonds is 8. The van der Waals surface area contributed by atoms with Gasteiger partial charge in [-0.2, -0.15) is 5.10 Å².